The number of thiophene rings is 1. The maximum Gasteiger partial charge on any atom is 0.209 e. The summed E-state index contributed by atoms with van der Waals surface area (Å²) < 4.78 is 6.25. The van der Waals surface area contributed by atoms with Gasteiger partial charge in [0, 0.05) is 5.02 Å². The monoisotopic (exact) mass is 443 g/mol. The minimum atomic E-state index is 0.0439. The molecule has 2 aromatic heterocycles. The quantitative estimate of drug-likeness (QED) is 0.431. The zero-order valence-electron chi connectivity index (χ0n) is 12.4. The van der Waals surface area contributed by atoms with E-state index >= 15 is 0 Å². The molecule has 124 valence electrons. The first-order valence-corrected chi connectivity index (χ1v) is 9.72. The number of carbonyl (C=O) groups excluding carboxylic acids is 1. The van der Waals surface area contributed by atoms with Crippen molar-refractivity contribution in [3.05, 3.63) is 44.0 Å². The lowest BCUT2D eigenvalue weighted by atomic mass is 10.2. The number of halogens is 2. The number of methoxy groups -OCH3 is 1. The van der Waals surface area contributed by atoms with Crippen LogP contribution in [-0.4, -0.2) is 33.8 Å². The van der Waals surface area contributed by atoms with Crippen molar-refractivity contribution >= 4 is 56.4 Å². The number of H-pyrrole nitrogens is 1. The zero-order chi connectivity index (χ0) is 17.1. The van der Waals surface area contributed by atoms with E-state index in [1.54, 1.807) is 31.4 Å². The van der Waals surface area contributed by atoms with E-state index in [1.165, 1.54) is 23.1 Å². The molecule has 0 saturated carbocycles. The maximum absolute atomic E-state index is 12.1. The van der Waals surface area contributed by atoms with Crippen LogP contribution in [0.3, 0.4) is 0 Å². The molecule has 0 aliphatic carbocycles. The maximum atomic E-state index is 12.1. The summed E-state index contributed by atoms with van der Waals surface area (Å²) in [6, 6.07) is 8.93. The molecule has 0 aliphatic heterocycles. The molecule has 0 radical (unpaired) electrons. The number of ketones is 1. The van der Waals surface area contributed by atoms with Gasteiger partial charge in [-0.05, 0) is 46.3 Å². The highest BCUT2D eigenvalue weighted by molar-refractivity contribution is 9.11. The van der Waals surface area contributed by atoms with Crippen molar-refractivity contribution in [2.75, 3.05) is 12.9 Å². The minimum absolute atomic E-state index is 0.0439. The molecule has 1 N–H and O–H groups in total. The average Bonchev–Trinajstić information content (AvgIpc) is 3.21. The molecular weight excluding hydrogens is 434 g/mol. The Morgan fingerprint density at radius 2 is 2.25 bits per heavy atom. The molecule has 3 aromatic rings. The first-order valence-electron chi connectivity index (χ1n) is 6.74. The normalized spacial score (nSPS) is 10.8. The number of benzene rings is 1. The van der Waals surface area contributed by atoms with Gasteiger partial charge in [-0.3, -0.25) is 9.89 Å². The molecule has 0 unspecified atom stereocenters. The van der Waals surface area contributed by atoms with Gasteiger partial charge in [0.05, 0.1) is 27.1 Å². The SMILES string of the molecule is COc1ccc(Cl)cc1-c1nc(SCC(=O)c2ccc(Br)s2)n[nH]1. The molecule has 5 nitrogen and oxygen atoms in total. The highest BCUT2D eigenvalue weighted by atomic mass is 79.9. The summed E-state index contributed by atoms with van der Waals surface area (Å²) in [5.41, 5.74) is 0.720. The molecule has 0 bridgehead atoms. The van der Waals surface area contributed by atoms with Gasteiger partial charge in [-0.1, -0.05) is 23.4 Å². The van der Waals surface area contributed by atoms with Crippen LogP contribution in [0.4, 0.5) is 0 Å². The first kappa shape index (κ1) is 17.5. The van der Waals surface area contributed by atoms with Gasteiger partial charge in [0.25, 0.3) is 0 Å². The topological polar surface area (TPSA) is 67.9 Å². The number of nitrogens with zero attached hydrogens (tertiary/aromatic N) is 2. The van der Waals surface area contributed by atoms with Crippen LogP contribution in [0.15, 0.2) is 39.3 Å². The molecule has 24 heavy (non-hydrogen) atoms. The number of Topliss-reactive ketones (excluding diaryl/α,β-unsaturated/α-hetero) is 1. The molecule has 3 rings (SSSR count). The van der Waals surface area contributed by atoms with Crippen LogP contribution in [0.25, 0.3) is 11.4 Å². The van der Waals surface area contributed by atoms with Crippen LogP contribution in [0.1, 0.15) is 9.67 Å². The molecule has 9 heteroatoms. The number of aromatic nitrogens is 3. The predicted molar refractivity (Wildman–Crippen MR) is 100 cm³/mol. The summed E-state index contributed by atoms with van der Waals surface area (Å²) in [7, 11) is 1.58. The second kappa shape index (κ2) is 7.69. The van der Waals surface area contributed by atoms with Crippen molar-refractivity contribution in [1.29, 1.82) is 0 Å². The summed E-state index contributed by atoms with van der Waals surface area (Å²) in [5.74, 6) is 1.51. The summed E-state index contributed by atoms with van der Waals surface area (Å²) in [6.07, 6.45) is 0. The first-order chi connectivity index (χ1) is 11.6. The van der Waals surface area contributed by atoms with Crippen molar-refractivity contribution in [3.63, 3.8) is 0 Å². The average molecular weight is 445 g/mol. The fourth-order valence-electron chi connectivity index (χ4n) is 1.96. The van der Waals surface area contributed by atoms with Crippen LogP contribution in [0.2, 0.25) is 5.02 Å². The number of ether oxygens (including phenoxy) is 1. The van der Waals surface area contributed by atoms with Gasteiger partial charge in [0.2, 0.25) is 5.16 Å². The highest BCUT2D eigenvalue weighted by Gasteiger charge is 2.14. The van der Waals surface area contributed by atoms with Crippen molar-refractivity contribution in [3.8, 4) is 17.1 Å². The fraction of sp³-hybridized carbons (Fsp3) is 0.133. The predicted octanol–water partition coefficient (Wildman–Crippen LogP) is 4.93. The lowest BCUT2D eigenvalue weighted by Crippen LogP contribution is -1.99. The minimum Gasteiger partial charge on any atom is -0.496 e. The van der Waals surface area contributed by atoms with Crippen LogP contribution in [0, 0.1) is 0 Å². The molecular formula is C15H11BrClN3O2S2. The summed E-state index contributed by atoms with van der Waals surface area (Å²) in [5, 5.41) is 8.07. The Morgan fingerprint density at radius 3 is 2.96 bits per heavy atom. The van der Waals surface area contributed by atoms with Gasteiger partial charge in [-0.2, -0.15) is 0 Å². The van der Waals surface area contributed by atoms with Crippen molar-refractivity contribution < 1.29 is 9.53 Å². The molecule has 2 heterocycles. The van der Waals surface area contributed by atoms with Crippen LogP contribution in [-0.2, 0) is 0 Å². The summed E-state index contributed by atoms with van der Waals surface area (Å²) in [6.45, 7) is 0. The van der Waals surface area contributed by atoms with Gasteiger partial charge in [0.15, 0.2) is 11.6 Å². The molecule has 0 spiro atoms. The van der Waals surface area contributed by atoms with Crippen LogP contribution >= 0.6 is 50.6 Å². The van der Waals surface area contributed by atoms with Gasteiger partial charge in [0.1, 0.15) is 5.75 Å². The van der Waals surface area contributed by atoms with Crippen LogP contribution in [0.5, 0.6) is 5.75 Å². The van der Waals surface area contributed by atoms with E-state index in [0.717, 1.165) is 9.35 Å². The lowest BCUT2D eigenvalue weighted by Gasteiger charge is -2.05. The van der Waals surface area contributed by atoms with Gasteiger partial charge >= 0.3 is 0 Å². The third kappa shape index (κ3) is 4.00. The zero-order valence-corrected chi connectivity index (χ0v) is 16.4. The Bertz CT molecular complexity index is 881. The number of aromatic amines is 1. The summed E-state index contributed by atoms with van der Waals surface area (Å²) in [4.78, 5) is 17.2. The van der Waals surface area contributed by atoms with E-state index in [1.807, 2.05) is 6.07 Å². The number of hydrogen-bond donors (Lipinski definition) is 1. The Hall–Kier alpha value is -1.35. The fourth-order valence-corrected chi connectivity index (χ4v) is 4.23. The molecule has 0 fully saturated rings. The van der Waals surface area contributed by atoms with Crippen LogP contribution < -0.4 is 4.74 Å². The van der Waals surface area contributed by atoms with E-state index in [9.17, 15) is 4.79 Å². The highest BCUT2D eigenvalue weighted by Crippen LogP contribution is 2.31. The van der Waals surface area contributed by atoms with Gasteiger partial charge in [-0.15, -0.1) is 16.4 Å². The van der Waals surface area contributed by atoms with E-state index in [-0.39, 0.29) is 11.5 Å². The Labute approximate surface area is 159 Å². The number of rotatable bonds is 6. The standard InChI is InChI=1S/C15H11BrClN3O2S2/c1-22-11-3-2-8(17)6-9(11)14-18-15(20-19-14)23-7-10(21)12-4-5-13(16)24-12/h2-6H,7H2,1H3,(H,18,19,20). The molecule has 0 saturated heterocycles. The molecule has 0 amide bonds. The Balaban J connectivity index is 1.72. The van der Waals surface area contributed by atoms with E-state index in [2.05, 4.69) is 31.1 Å². The van der Waals surface area contributed by atoms with Gasteiger partial charge < -0.3 is 4.74 Å². The third-order valence-electron chi connectivity index (χ3n) is 3.06. The van der Waals surface area contributed by atoms with Crippen molar-refractivity contribution in [1.82, 2.24) is 15.2 Å². The van der Waals surface area contributed by atoms with E-state index < -0.39 is 0 Å². The summed E-state index contributed by atoms with van der Waals surface area (Å²) >= 11 is 12.1. The smallest absolute Gasteiger partial charge is 0.209 e. The lowest BCUT2D eigenvalue weighted by molar-refractivity contribution is 0.102. The number of thioether (sulfide) groups is 1. The number of hydrogen-bond acceptors (Lipinski definition) is 6. The second-order valence-corrected chi connectivity index (χ2v) is 8.47. The molecule has 1 aromatic carbocycles. The Morgan fingerprint density at radius 1 is 1.42 bits per heavy atom. The third-order valence-corrected chi connectivity index (χ3v) is 5.81. The van der Waals surface area contributed by atoms with Crippen molar-refractivity contribution in [2.24, 2.45) is 0 Å². The second-order valence-electron chi connectivity index (χ2n) is 4.63. The number of nitrogens with one attached hydrogen (secondary N) is 1. The molecule has 0 aliphatic rings. The Kier molecular flexibility index (Phi) is 5.60. The van der Waals surface area contributed by atoms with Crippen molar-refractivity contribution in [2.45, 2.75) is 5.16 Å². The largest absolute Gasteiger partial charge is 0.496 e. The molecule has 0 atom stereocenters. The van der Waals surface area contributed by atoms with Gasteiger partial charge in [-0.25, -0.2) is 4.98 Å². The van der Waals surface area contributed by atoms with E-state index in [4.69, 9.17) is 16.3 Å². The van der Waals surface area contributed by atoms with E-state index in [0.29, 0.717) is 26.6 Å². The number of carbonyl (C=O) groups is 1.